The van der Waals surface area contributed by atoms with Crippen molar-refractivity contribution < 1.29 is 0 Å². The molecule has 0 radical (unpaired) electrons. The first kappa shape index (κ1) is 17.0. The van der Waals surface area contributed by atoms with Crippen molar-refractivity contribution in [2.75, 3.05) is 0 Å². The number of aromatic nitrogens is 3. The van der Waals surface area contributed by atoms with Crippen molar-refractivity contribution in [3.05, 3.63) is 81.1 Å². The van der Waals surface area contributed by atoms with Crippen LogP contribution in [0.4, 0.5) is 0 Å². The second-order valence-electron chi connectivity index (χ2n) is 6.60. The number of nitrogens with zero attached hydrogens (tertiary/aromatic N) is 3. The van der Waals surface area contributed by atoms with E-state index in [9.17, 15) is 9.59 Å². The number of benzene rings is 2. The summed E-state index contributed by atoms with van der Waals surface area (Å²) in [6, 6.07) is 15.3. The van der Waals surface area contributed by atoms with Crippen molar-refractivity contribution in [1.29, 1.82) is 0 Å². The van der Waals surface area contributed by atoms with Crippen LogP contribution < -0.4 is 11.2 Å². The van der Waals surface area contributed by atoms with Crippen LogP contribution in [0.15, 0.2) is 69.4 Å². The van der Waals surface area contributed by atoms with Gasteiger partial charge in [-0.05, 0) is 31.5 Å². The molecular weight excluding hydrogens is 340 g/mol. The van der Waals surface area contributed by atoms with Gasteiger partial charge in [0.1, 0.15) is 0 Å². The third-order valence-electron chi connectivity index (χ3n) is 4.93. The molecule has 2 aromatic heterocycles. The van der Waals surface area contributed by atoms with Crippen molar-refractivity contribution in [3.63, 3.8) is 0 Å². The van der Waals surface area contributed by atoms with E-state index in [1.54, 1.807) is 30.5 Å². The number of H-pyrrole nitrogens is 1. The molecular formula is C21H20N4O2. The fourth-order valence-electron chi connectivity index (χ4n) is 3.27. The molecule has 1 atom stereocenters. The lowest BCUT2D eigenvalue weighted by atomic mass is 10.2. The maximum Gasteiger partial charge on any atom is 0.349 e. The molecule has 0 aliphatic carbocycles. The van der Waals surface area contributed by atoms with Gasteiger partial charge in [0.15, 0.2) is 0 Å². The fourth-order valence-corrected chi connectivity index (χ4v) is 3.27. The lowest BCUT2D eigenvalue weighted by Crippen LogP contribution is -2.32. The van der Waals surface area contributed by atoms with Gasteiger partial charge in [-0.15, -0.1) is 4.68 Å². The SMILES string of the molecule is CC[C@@H](C)n1cc(C=Nn2c(=O)[nH]c3ccccc3c2=O)c2ccccc21. The van der Waals surface area contributed by atoms with E-state index in [4.69, 9.17) is 0 Å². The predicted molar refractivity (Wildman–Crippen MR) is 109 cm³/mol. The highest BCUT2D eigenvalue weighted by molar-refractivity contribution is 5.99. The van der Waals surface area contributed by atoms with Gasteiger partial charge in [0.05, 0.1) is 17.1 Å². The number of nitrogens with one attached hydrogen (secondary N) is 1. The van der Waals surface area contributed by atoms with E-state index in [2.05, 4.69) is 34.6 Å². The Morgan fingerprint density at radius 3 is 2.56 bits per heavy atom. The summed E-state index contributed by atoms with van der Waals surface area (Å²) in [4.78, 5) is 27.6. The minimum atomic E-state index is -0.555. The Balaban J connectivity index is 1.86. The highest BCUT2D eigenvalue weighted by atomic mass is 16.2. The second kappa shape index (κ2) is 6.72. The summed E-state index contributed by atoms with van der Waals surface area (Å²) in [5, 5.41) is 5.66. The quantitative estimate of drug-likeness (QED) is 0.566. The van der Waals surface area contributed by atoms with Gasteiger partial charge in [-0.2, -0.15) is 5.10 Å². The zero-order valence-corrected chi connectivity index (χ0v) is 15.2. The molecule has 6 heteroatoms. The summed E-state index contributed by atoms with van der Waals surface area (Å²) in [7, 11) is 0. The lowest BCUT2D eigenvalue weighted by molar-refractivity contribution is 0.548. The van der Waals surface area contributed by atoms with Gasteiger partial charge < -0.3 is 9.55 Å². The molecule has 27 heavy (non-hydrogen) atoms. The number of hydrogen-bond donors (Lipinski definition) is 1. The number of hydrogen-bond acceptors (Lipinski definition) is 3. The zero-order valence-electron chi connectivity index (χ0n) is 15.2. The maximum atomic E-state index is 12.6. The summed E-state index contributed by atoms with van der Waals surface area (Å²) in [6.07, 6.45) is 4.59. The van der Waals surface area contributed by atoms with Crippen LogP contribution in [0.1, 0.15) is 31.9 Å². The van der Waals surface area contributed by atoms with Gasteiger partial charge in [-0.3, -0.25) is 4.79 Å². The first-order valence-corrected chi connectivity index (χ1v) is 8.98. The Bertz CT molecular complexity index is 1280. The monoisotopic (exact) mass is 360 g/mol. The normalized spacial score (nSPS) is 13.0. The topological polar surface area (TPSA) is 72.2 Å². The number of fused-ring (bicyclic) bond motifs is 2. The molecule has 6 nitrogen and oxygen atoms in total. The maximum absolute atomic E-state index is 12.6. The molecule has 1 N–H and O–H groups in total. The lowest BCUT2D eigenvalue weighted by Gasteiger charge is -2.12. The molecule has 136 valence electrons. The smallest absolute Gasteiger partial charge is 0.344 e. The minimum absolute atomic E-state index is 0.337. The van der Waals surface area contributed by atoms with Gasteiger partial charge in [-0.1, -0.05) is 37.3 Å². The summed E-state index contributed by atoms with van der Waals surface area (Å²) < 4.78 is 3.07. The summed E-state index contributed by atoms with van der Waals surface area (Å²) in [5.41, 5.74) is 1.49. The fraction of sp³-hybridized carbons (Fsp3) is 0.190. The zero-order chi connectivity index (χ0) is 19.0. The van der Waals surface area contributed by atoms with Crippen LogP contribution in [0, 0.1) is 0 Å². The van der Waals surface area contributed by atoms with Crippen molar-refractivity contribution >= 4 is 28.0 Å². The number of rotatable bonds is 4. The van der Waals surface area contributed by atoms with E-state index < -0.39 is 11.2 Å². The summed E-state index contributed by atoms with van der Waals surface area (Å²) in [6.45, 7) is 4.30. The Labute approximate surface area is 155 Å². The van der Waals surface area contributed by atoms with E-state index >= 15 is 0 Å². The average Bonchev–Trinajstić information content (AvgIpc) is 3.06. The Morgan fingerprint density at radius 2 is 1.78 bits per heavy atom. The van der Waals surface area contributed by atoms with E-state index in [1.165, 1.54) is 0 Å². The van der Waals surface area contributed by atoms with E-state index in [0.29, 0.717) is 16.9 Å². The predicted octanol–water partition coefficient (Wildman–Crippen LogP) is 3.50. The third-order valence-corrected chi connectivity index (χ3v) is 4.93. The van der Waals surface area contributed by atoms with Crippen LogP contribution in [0.2, 0.25) is 0 Å². The van der Waals surface area contributed by atoms with Gasteiger partial charge in [0, 0.05) is 28.7 Å². The van der Waals surface area contributed by atoms with Gasteiger partial charge in [0.25, 0.3) is 5.56 Å². The van der Waals surface area contributed by atoms with Crippen LogP contribution >= 0.6 is 0 Å². The van der Waals surface area contributed by atoms with Crippen LogP contribution in [-0.2, 0) is 0 Å². The van der Waals surface area contributed by atoms with E-state index in [0.717, 1.165) is 27.6 Å². The van der Waals surface area contributed by atoms with Crippen LogP contribution in [0.25, 0.3) is 21.8 Å². The molecule has 0 spiro atoms. The van der Waals surface area contributed by atoms with E-state index in [-0.39, 0.29) is 0 Å². The number of para-hydroxylation sites is 2. The summed E-state index contributed by atoms with van der Waals surface area (Å²) in [5.74, 6) is 0. The molecule has 2 heterocycles. The van der Waals surface area contributed by atoms with Crippen molar-refractivity contribution in [2.45, 2.75) is 26.3 Å². The standard InChI is InChI=1S/C21H20N4O2/c1-3-14(2)24-13-15(16-8-5-7-11-19(16)24)12-22-25-20(26)17-9-4-6-10-18(17)23-21(25)27/h4-14H,3H2,1-2H3,(H,23,27)/t14-/m1/s1. The van der Waals surface area contributed by atoms with Gasteiger partial charge in [-0.25, -0.2) is 4.79 Å². The van der Waals surface area contributed by atoms with E-state index in [1.807, 2.05) is 24.4 Å². The second-order valence-corrected chi connectivity index (χ2v) is 6.60. The average molecular weight is 360 g/mol. The first-order valence-electron chi connectivity index (χ1n) is 8.98. The van der Waals surface area contributed by atoms with Crippen molar-refractivity contribution in [1.82, 2.24) is 14.2 Å². The Kier molecular flexibility index (Phi) is 4.24. The molecule has 0 aliphatic heterocycles. The van der Waals surface area contributed by atoms with Crippen molar-refractivity contribution in [2.24, 2.45) is 5.10 Å². The van der Waals surface area contributed by atoms with Gasteiger partial charge in [0.2, 0.25) is 0 Å². The highest BCUT2D eigenvalue weighted by Gasteiger charge is 2.11. The molecule has 0 aliphatic rings. The van der Waals surface area contributed by atoms with Crippen LogP contribution in [-0.4, -0.2) is 20.4 Å². The molecule has 2 aromatic carbocycles. The molecule has 0 amide bonds. The highest BCUT2D eigenvalue weighted by Crippen LogP contribution is 2.24. The largest absolute Gasteiger partial charge is 0.349 e. The summed E-state index contributed by atoms with van der Waals surface area (Å²) >= 11 is 0. The molecule has 0 bridgehead atoms. The Hall–Kier alpha value is -3.41. The van der Waals surface area contributed by atoms with Gasteiger partial charge >= 0.3 is 5.69 Å². The molecule has 0 unspecified atom stereocenters. The van der Waals surface area contributed by atoms with Crippen LogP contribution in [0.5, 0.6) is 0 Å². The first-order chi connectivity index (χ1) is 13.1. The number of aromatic amines is 1. The molecule has 0 saturated carbocycles. The molecule has 4 aromatic rings. The van der Waals surface area contributed by atoms with Crippen LogP contribution in [0.3, 0.4) is 0 Å². The third kappa shape index (κ3) is 2.89. The molecule has 4 rings (SSSR count). The molecule has 0 fully saturated rings. The van der Waals surface area contributed by atoms with Crippen molar-refractivity contribution in [3.8, 4) is 0 Å². The minimum Gasteiger partial charge on any atom is -0.344 e. The Morgan fingerprint density at radius 1 is 1.07 bits per heavy atom. The molecule has 0 saturated heterocycles.